The lowest BCUT2D eigenvalue weighted by Gasteiger charge is -2.00. The Bertz CT molecular complexity index is 1330. The minimum Gasteiger partial charge on any atom is -0.478 e. The molecule has 2 rings (SSSR count). The molecule has 10 nitrogen and oxygen atoms in total. The maximum absolute atomic E-state index is 11.9. The van der Waals surface area contributed by atoms with E-state index in [0.29, 0.717) is 12.2 Å². The molecular weight excluding hydrogens is 544 g/mol. The monoisotopic (exact) mass is 572 g/mol. The third kappa shape index (κ3) is 16.1. The smallest absolute Gasteiger partial charge is 0.341 e. The van der Waals surface area contributed by atoms with Crippen molar-refractivity contribution in [2.24, 2.45) is 0 Å². The van der Waals surface area contributed by atoms with Crippen molar-refractivity contribution >= 4 is 48.0 Å². The molecule has 0 aromatic heterocycles. The van der Waals surface area contributed by atoms with E-state index in [1.54, 1.807) is 24.3 Å². The van der Waals surface area contributed by atoms with Crippen LogP contribution in [0.3, 0.4) is 0 Å². The van der Waals surface area contributed by atoms with E-state index in [-0.39, 0.29) is 11.1 Å². The number of carboxylic acid groups (broad SMARTS) is 2. The van der Waals surface area contributed by atoms with Gasteiger partial charge in [-0.2, -0.15) is 0 Å². The summed E-state index contributed by atoms with van der Waals surface area (Å²) in [5.41, 5.74) is 2.28. The number of allylic oxidation sites excluding steroid dienone is 4. The Morgan fingerprint density at radius 1 is 0.548 bits per heavy atom. The van der Waals surface area contributed by atoms with E-state index >= 15 is 0 Å². The standard InChI is InChI=1S/C28H24O6.C4H4O4/c1-21(11-9-17-23-13-5-3-6-14-23)27(31)33-25(29)19-20-26(30)34-28(32)22(2)12-10-18-24-15-7-4-8-16-24;5-3(6)1-2-4(7)8/h3-20H,1-2H3;1-2H,(H,5,6)(H,7,8)/b17-9?,18-10?,20-19-,21-11?,22-12?;2-1-. The van der Waals surface area contributed by atoms with Gasteiger partial charge in [0.05, 0.1) is 0 Å². The topological polar surface area (TPSA) is 161 Å². The Hall–Kier alpha value is -5.90. The molecule has 42 heavy (non-hydrogen) atoms. The molecule has 2 aromatic rings. The van der Waals surface area contributed by atoms with Gasteiger partial charge in [0.1, 0.15) is 0 Å². The normalized spacial score (nSPS) is 11.8. The number of ether oxygens (including phenoxy) is 2. The number of hydrogen-bond acceptors (Lipinski definition) is 8. The van der Waals surface area contributed by atoms with Crippen molar-refractivity contribution in [1.82, 2.24) is 0 Å². The third-order valence-corrected chi connectivity index (χ3v) is 4.62. The predicted molar refractivity (Wildman–Crippen MR) is 154 cm³/mol. The van der Waals surface area contributed by atoms with Crippen molar-refractivity contribution in [1.29, 1.82) is 0 Å². The molecule has 2 aromatic carbocycles. The van der Waals surface area contributed by atoms with Crippen molar-refractivity contribution in [3.05, 3.63) is 132 Å². The van der Waals surface area contributed by atoms with Crippen LogP contribution in [-0.4, -0.2) is 46.0 Å². The Balaban J connectivity index is 0.000000962. The molecule has 10 heteroatoms. The van der Waals surface area contributed by atoms with Gasteiger partial charge in [-0.25, -0.2) is 28.8 Å². The van der Waals surface area contributed by atoms with Crippen molar-refractivity contribution < 1.29 is 48.5 Å². The van der Waals surface area contributed by atoms with Crippen LogP contribution in [0.25, 0.3) is 12.2 Å². The van der Waals surface area contributed by atoms with E-state index in [1.807, 2.05) is 60.7 Å². The summed E-state index contributed by atoms with van der Waals surface area (Å²) in [6.07, 6.45) is 12.4. The summed E-state index contributed by atoms with van der Waals surface area (Å²) in [4.78, 5) is 66.5. The SMILES string of the molecule is CC(=CC=Cc1ccccc1)C(=O)OC(=O)/C=C\C(=O)OC(=O)C(C)=CC=Cc1ccccc1.O=C(O)/C=C\C(=O)O. The minimum atomic E-state index is -1.26. The van der Waals surface area contributed by atoms with Crippen LogP contribution < -0.4 is 0 Å². The van der Waals surface area contributed by atoms with Gasteiger partial charge in [0, 0.05) is 35.5 Å². The molecule has 0 heterocycles. The van der Waals surface area contributed by atoms with Gasteiger partial charge >= 0.3 is 35.8 Å². The lowest BCUT2D eigenvalue weighted by molar-refractivity contribution is -0.156. The highest BCUT2D eigenvalue weighted by Gasteiger charge is 2.12. The zero-order valence-electron chi connectivity index (χ0n) is 22.7. The highest BCUT2D eigenvalue weighted by atomic mass is 16.6. The average Bonchev–Trinajstić information content (AvgIpc) is 2.96. The Morgan fingerprint density at radius 3 is 1.19 bits per heavy atom. The number of rotatable bonds is 10. The molecule has 216 valence electrons. The van der Waals surface area contributed by atoms with E-state index in [9.17, 15) is 28.8 Å². The van der Waals surface area contributed by atoms with Gasteiger partial charge in [-0.3, -0.25) is 0 Å². The second-order valence-electron chi connectivity index (χ2n) is 8.00. The second-order valence-corrected chi connectivity index (χ2v) is 8.00. The summed E-state index contributed by atoms with van der Waals surface area (Å²) < 4.78 is 9.27. The largest absolute Gasteiger partial charge is 0.478 e. The molecular formula is C32H28O10. The maximum atomic E-state index is 11.9. The third-order valence-electron chi connectivity index (χ3n) is 4.62. The molecule has 0 aliphatic rings. The van der Waals surface area contributed by atoms with E-state index in [0.717, 1.165) is 23.3 Å². The number of benzene rings is 2. The first-order valence-corrected chi connectivity index (χ1v) is 12.1. The molecule has 0 radical (unpaired) electrons. The van der Waals surface area contributed by atoms with Crippen molar-refractivity contribution in [3.63, 3.8) is 0 Å². The van der Waals surface area contributed by atoms with Crippen LogP contribution in [0.4, 0.5) is 0 Å². The Labute approximate surface area is 241 Å². The zero-order valence-corrected chi connectivity index (χ0v) is 22.7. The first-order valence-electron chi connectivity index (χ1n) is 12.1. The lowest BCUT2D eigenvalue weighted by atomic mass is 10.2. The van der Waals surface area contributed by atoms with E-state index < -0.39 is 35.8 Å². The predicted octanol–water partition coefficient (Wildman–Crippen LogP) is 4.71. The maximum Gasteiger partial charge on any atom is 0.341 e. The molecule has 0 atom stereocenters. The van der Waals surface area contributed by atoms with Gasteiger partial charge in [-0.15, -0.1) is 0 Å². The second kappa shape index (κ2) is 19.2. The van der Waals surface area contributed by atoms with Crippen molar-refractivity contribution in [2.75, 3.05) is 0 Å². The number of aliphatic carboxylic acids is 2. The Morgan fingerprint density at radius 2 is 0.881 bits per heavy atom. The van der Waals surface area contributed by atoms with Gasteiger partial charge in [-0.1, -0.05) is 97.1 Å². The lowest BCUT2D eigenvalue weighted by Crippen LogP contribution is -2.13. The molecule has 0 bridgehead atoms. The average molecular weight is 573 g/mol. The fourth-order valence-corrected chi connectivity index (χ4v) is 2.56. The van der Waals surface area contributed by atoms with Crippen molar-refractivity contribution in [3.8, 4) is 0 Å². The van der Waals surface area contributed by atoms with Crippen LogP contribution in [0.2, 0.25) is 0 Å². The number of carbonyl (C=O) groups excluding carboxylic acids is 4. The quantitative estimate of drug-likeness (QED) is 0.176. The van der Waals surface area contributed by atoms with Crippen LogP contribution in [0.15, 0.2) is 120 Å². The van der Waals surface area contributed by atoms with Gasteiger partial charge in [0.15, 0.2) is 0 Å². The first-order chi connectivity index (χ1) is 20.0. The number of carbonyl (C=O) groups is 6. The first kappa shape index (κ1) is 34.1. The molecule has 0 spiro atoms. The summed E-state index contributed by atoms with van der Waals surface area (Å²) in [7, 11) is 0. The fourth-order valence-electron chi connectivity index (χ4n) is 2.56. The highest BCUT2D eigenvalue weighted by molar-refractivity contribution is 6.04. The van der Waals surface area contributed by atoms with Crippen LogP contribution in [0.1, 0.15) is 25.0 Å². The van der Waals surface area contributed by atoms with Gasteiger partial charge < -0.3 is 19.7 Å². The molecule has 0 unspecified atom stereocenters. The highest BCUT2D eigenvalue weighted by Crippen LogP contribution is 2.05. The summed E-state index contributed by atoms with van der Waals surface area (Å²) in [5, 5.41) is 15.6. The van der Waals surface area contributed by atoms with Gasteiger partial charge in [-0.05, 0) is 25.0 Å². The van der Waals surface area contributed by atoms with Crippen LogP contribution in [0.5, 0.6) is 0 Å². The number of hydrogen-bond donors (Lipinski definition) is 2. The summed E-state index contributed by atoms with van der Waals surface area (Å²) in [6.45, 7) is 2.98. The molecule has 0 saturated carbocycles. The summed E-state index contributed by atoms with van der Waals surface area (Å²) in [5.74, 6) is -6.36. The zero-order chi connectivity index (χ0) is 31.3. The minimum absolute atomic E-state index is 0.191. The molecule has 0 aliphatic carbocycles. The van der Waals surface area contributed by atoms with Gasteiger partial charge in [0.2, 0.25) is 0 Å². The number of carboxylic acids is 2. The van der Waals surface area contributed by atoms with Crippen LogP contribution in [-0.2, 0) is 38.2 Å². The molecule has 0 amide bonds. The van der Waals surface area contributed by atoms with Crippen LogP contribution in [0, 0.1) is 0 Å². The molecule has 0 fully saturated rings. The molecule has 0 saturated heterocycles. The molecule has 0 aliphatic heterocycles. The summed E-state index contributed by atoms with van der Waals surface area (Å²) in [6, 6.07) is 18.9. The summed E-state index contributed by atoms with van der Waals surface area (Å²) >= 11 is 0. The van der Waals surface area contributed by atoms with Crippen LogP contribution >= 0.6 is 0 Å². The van der Waals surface area contributed by atoms with E-state index in [1.165, 1.54) is 26.0 Å². The van der Waals surface area contributed by atoms with Crippen molar-refractivity contribution in [2.45, 2.75) is 13.8 Å². The number of esters is 4. The fraction of sp³-hybridized carbons (Fsp3) is 0.0625. The Kier molecular flexibility index (Phi) is 15.6. The van der Waals surface area contributed by atoms with E-state index in [2.05, 4.69) is 9.47 Å². The molecule has 2 N–H and O–H groups in total. The van der Waals surface area contributed by atoms with E-state index in [4.69, 9.17) is 10.2 Å². The van der Waals surface area contributed by atoms with Gasteiger partial charge in [0.25, 0.3) is 0 Å².